The summed E-state index contributed by atoms with van der Waals surface area (Å²) in [6, 6.07) is 0. The Morgan fingerprint density at radius 1 is 0.886 bits per heavy atom. The molecule has 0 radical (unpaired) electrons. The molecule has 0 bridgehead atoms. The van der Waals surface area contributed by atoms with Crippen LogP contribution in [0.2, 0.25) is 0 Å². The summed E-state index contributed by atoms with van der Waals surface area (Å²) in [4.78, 5) is 24.8. The summed E-state index contributed by atoms with van der Waals surface area (Å²) in [7, 11) is 0. The molecular formula is C32H50O3. The van der Waals surface area contributed by atoms with Gasteiger partial charge in [-0.2, -0.15) is 0 Å². The zero-order valence-electron chi connectivity index (χ0n) is 23.6. The molecular weight excluding hydrogens is 432 g/mol. The number of ether oxygens (including phenoxy) is 1. The van der Waals surface area contributed by atoms with E-state index in [2.05, 4.69) is 48.1 Å². The lowest BCUT2D eigenvalue weighted by molar-refractivity contribution is -0.237. The zero-order chi connectivity index (χ0) is 25.6. The third kappa shape index (κ3) is 3.27. The fraction of sp³-hybridized carbons (Fsp3) is 0.875. The molecule has 35 heavy (non-hydrogen) atoms. The summed E-state index contributed by atoms with van der Waals surface area (Å²) in [5, 5.41) is 0. The van der Waals surface area contributed by atoms with Gasteiger partial charge in [0.1, 0.15) is 5.78 Å². The van der Waals surface area contributed by atoms with Crippen LogP contribution in [0, 0.1) is 56.7 Å². The van der Waals surface area contributed by atoms with Crippen LogP contribution < -0.4 is 0 Å². The second-order valence-electron chi connectivity index (χ2n) is 15.0. The molecule has 5 saturated carbocycles. The van der Waals surface area contributed by atoms with E-state index >= 15 is 0 Å². The number of rotatable bonds is 3. The number of esters is 1. The van der Waals surface area contributed by atoms with Gasteiger partial charge in [-0.15, -0.1) is 0 Å². The lowest BCUT2D eigenvalue weighted by Gasteiger charge is -2.72. The Morgan fingerprint density at radius 2 is 1.60 bits per heavy atom. The van der Waals surface area contributed by atoms with E-state index in [0.717, 1.165) is 12.8 Å². The van der Waals surface area contributed by atoms with Crippen molar-refractivity contribution in [2.45, 2.75) is 113 Å². The SMILES string of the molecule is C=C(C)[C@@H]1CC[C@]2(COC(C)=O)CC[C@]3(C)C(CCC4[C@@]5(C)CCC(=O)C(C)(C)[C@@H]5CC[C@]43C)[C@@H]12. The molecule has 0 aliphatic heterocycles. The molecule has 5 aliphatic rings. The maximum atomic E-state index is 13.0. The first-order chi connectivity index (χ1) is 16.2. The van der Waals surface area contributed by atoms with Crippen molar-refractivity contribution in [3.05, 3.63) is 12.2 Å². The second kappa shape index (κ2) is 7.94. The van der Waals surface area contributed by atoms with Crippen molar-refractivity contribution in [3.8, 4) is 0 Å². The standard InChI is InChI=1S/C32H50O3/c1-20(2)22-11-16-32(19-35-21(3)33)18-17-30(7)23(27(22)32)9-10-25-29(6)14-13-26(34)28(4,5)24(29)12-15-31(25,30)8/h22-25,27H,1,9-19H2,2-8H3/t22-,23?,24-,25?,27+,29-,30+,31+,32+/m0/s1. The van der Waals surface area contributed by atoms with Gasteiger partial charge in [-0.1, -0.05) is 46.8 Å². The molecule has 3 nitrogen and oxygen atoms in total. The van der Waals surface area contributed by atoms with Gasteiger partial charge in [0.05, 0.1) is 6.61 Å². The molecule has 0 N–H and O–H groups in total. The Labute approximate surface area is 214 Å². The fourth-order valence-electron chi connectivity index (χ4n) is 11.6. The number of allylic oxidation sites excluding steroid dienone is 1. The van der Waals surface area contributed by atoms with Crippen LogP contribution in [-0.4, -0.2) is 18.4 Å². The number of carbonyl (C=O) groups excluding carboxylic acids is 2. The van der Waals surface area contributed by atoms with Gasteiger partial charge in [0, 0.05) is 24.2 Å². The Bertz CT molecular complexity index is 933. The highest BCUT2D eigenvalue weighted by atomic mass is 16.5. The van der Waals surface area contributed by atoms with E-state index < -0.39 is 0 Å². The van der Waals surface area contributed by atoms with Crippen LogP contribution in [0.5, 0.6) is 0 Å². The average molecular weight is 483 g/mol. The monoisotopic (exact) mass is 482 g/mol. The summed E-state index contributed by atoms with van der Waals surface area (Å²) in [6.07, 6.45) is 11.6. The van der Waals surface area contributed by atoms with Crippen molar-refractivity contribution in [2.24, 2.45) is 56.7 Å². The molecule has 5 fully saturated rings. The van der Waals surface area contributed by atoms with Gasteiger partial charge >= 0.3 is 5.97 Å². The highest BCUT2D eigenvalue weighted by Crippen LogP contribution is 2.77. The lowest BCUT2D eigenvalue weighted by atomic mass is 9.32. The number of hydrogen-bond acceptors (Lipinski definition) is 3. The molecule has 0 saturated heterocycles. The lowest BCUT2D eigenvalue weighted by Crippen LogP contribution is -2.66. The largest absolute Gasteiger partial charge is 0.465 e. The van der Waals surface area contributed by atoms with Crippen LogP contribution in [0.15, 0.2) is 12.2 Å². The molecule has 2 unspecified atom stereocenters. The number of carbonyl (C=O) groups is 2. The number of ketones is 1. The van der Waals surface area contributed by atoms with Crippen molar-refractivity contribution < 1.29 is 14.3 Å². The first-order valence-electron chi connectivity index (χ1n) is 14.5. The van der Waals surface area contributed by atoms with Gasteiger partial charge in [0.25, 0.3) is 0 Å². The molecule has 5 rings (SSSR count). The minimum atomic E-state index is -0.186. The predicted molar refractivity (Wildman–Crippen MR) is 141 cm³/mol. The minimum absolute atomic E-state index is 0.128. The van der Waals surface area contributed by atoms with Crippen LogP contribution in [0.4, 0.5) is 0 Å². The van der Waals surface area contributed by atoms with E-state index in [9.17, 15) is 9.59 Å². The van der Waals surface area contributed by atoms with E-state index in [1.165, 1.54) is 56.9 Å². The molecule has 3 heteroatoms. The fourth-order valence-corrected chi connectivity index (χ4v) is 11.6. The Hall–Kier alpha value is -1.12. The first-order valence-corrected chi connectivity index (χ1v) is 14.5. The van der Waals surface area contributed by atoms with E-state index in [4.69, 9.17) is 4.74 Å². The highest BCUT2D eigenvalue weighted by molar-refractivity contribution is 5.85. The number of fused-ring (bicyclic) bond motifs is 7. The van der Waals surface area contributed by atoms with Crippen LogP contribution in [0.1, 0.15) is 113 Å². The van der Waals surface area contributed by atoms with Gasteiger partial charge in [-0.05, 0) is 111 Å². The van der Waals surface area contributed by atoms with Crippen LogP contribution in [-0.2, 0) is 14.3 Å². The highest BCUT2D eigenvalue weighted by Gasteiger charge is 2.71. The van der Waals surface area contributed by atoms with Crippen molar-refractivity contribution in [3.63, 3.8) is 0 Å². The third-order valence-corrected chi connectivity index (χ3v) is 13.5. The average Bonchev–Trinajstić information content (AvgIpc) is 3.16. The molecule has 196 valence electrons. The smallest absolute Gasteiger partial charge is 0.302 e. The first kappa shape index (κ1) is 25.5. The topological polar surface area (TPSA) is 43.4 Å². The minimum Gasteiger partial charge on any atom is -0.465 e. The van der Waals surface area contributed by atoms with Crippen molar-refractivity contribution in [1.29, 1.82) is 0 Å². The summed E-state index contributed by atoms with van der Waals surface area (Å²) in [5.74, 6) is 3.34. The Kier molecular flexibility index (Phi) is 5.79. The number of Topliss-reactive ketones (excluding diaryl/α,β-unsaturated/α-hetero) is 1. The van der Waals surface area contributed by atoms with Crippen molar-refractivity contribution in [1.82, 2.24) is 0 Å². The molecule has 0 spiro atoms. The van der Waals surface area contributed by atoms with Gasteiger partial charge in [-0.25, -0.2) is 0 Å². The maximum absolute atomic E-state index is 13.0. The summed E-state index contributed by atoms with van der Waals surface area (Å²) >= 11 is 0. The molecule has 9 atom stereocenters. The molecule has 0 amide bonds. The Balaban J connectivity index is 1.53. The third-order valence-electron chi connectivity index (χ3n) is 13.5. The summed E-state index contributed by atoms with van der Waals surface area (Å²) in [5.41, 5.74) is 2.12. The van der Waals surface area contributed by atoms with Crippen LogP contribution in [0.3, 0.4) is 0 Å². The van der Waals surface area contributed by atoms with Crippen molar-refractivity contribution >= 4 is 11.8 Å². The van der Waals surface area contributed by atoms with Crippen LogP contribution in [0.25, 0.3) is 0 Å². The normalized spacial score (nSPS) is 50.4. The van der Waals surface area contributed by atoms with Gasteiger partial charge in [0.15, 0.2) is 0 Å². The van der Waals surface area contributed by atoms with Crippen molar-refractivity contribution in [2.75, 3.05) is 6.61 Å². The van der Waals surface area contributed by atoms with E-state index in [-0.39, 0.29) is 27.6 Å². The van der Waals surface area contributed by atoms with Gasteiger partial charge < -0.3 is 4.74 Å². The summed E-state index contributed by atoms with van der Waals surface area (Å²) < 4.78 is 5.78. The summed E-state index contributed by atoms with van der Waals surface area (Å²) in [6.45, 7) is 21.2. The van der Waals surface area contributed by atoms with E-state index in [1.54, 1.807) is 6.92 Å². The van der Waals surface area contributed by atoms with E-state index in [0.29, 0.717) is 47.4 Å². The maximum Gasteiger partial charge on any atom is 0.302 e. The second-order valence-corrected chi connectivity index (χ2v) is 15.0. The zero-order valence-corrected chi connectivity index (χ0v) is 23.6. The molecule has 0 aromatic carbocycles. The van der Waals surface area contributed by atoms with E-state index in [1.807, 2.05) is 0 Å². The predicted octanol–water partition coefficient (Wildman–Crippen LogP) is 7.78. The molecule has 5 aliphatic carbocycles. The van der Waals surface area contributed by atoms with Gasteiger partial charge in [-0.3, -0.25) is 9.59 Å². The molecule has 0 heterocycles. The van der Waals surface area contributed by atoms with Crippen LogP contribution >= 0.6 is 0 Å². The van der Waals surface area contributed by atoms with Gasteiger partial charge in [0.2, 0.25) is 0 Å². The molecule has 0 aromatic heterocycles. The number of hydrogen-bond donors (Lipinski definition) is 0. The Morgan fingerprint density at radius 3 is 2.26 bits per heavy atom. The quantitative estimate of drug-likeness (QED) is 0.305. The molecule has 0 aromatic rings.